The van der Waals surface area contributed by atoms with E-state index < -0.39 is 0 Å². The number of hydrogen-bond donors (Lipinski definition) is 1. The number of anilines is 1. The maximum absolute atomic E-state index is 6.15. The molecule has 1 N–H and O–H groups in total. The van der Waals surface area contributed by atoms with E-state index >= 15 is 0 Å². The quantitative estimate of drug-likeness (QED) is 0.727. The zero-order valence-corrected chi connectivity index (χ0v) is 14.8. The van der Waals surface area contributed by atoms with E-state index in [-0.39, 0.29) is 0 Å². The summed E-state index contributed by atoms with van der Waals surface area (Å²) in [7, 11) is 0. The predicted octanol–water partition coefficient (Wildman–Crippen LogP) is 4.82. The minimum atomic E-state index is 0.693. The van der Waals surface area contributed by atoms with Crippen LogP contribution in [-0.4, -0.2) is 28.0 Å². The van der Waals surface area contributed by atoms with Gasteiger partial charge in [0, 0.05) is 29.4 Å². The second-order valence-electron chi connectivity index (χ2n) is 6.79. The lowest BCUT2D eigenvalue weighted by Crippen LogP contribution is -2.35. The van der Waals surface area contributed by atoms with E-state index in [1.165, 1.54) is 12.8 Å². The van der Waals surface area contributed by atoms with Crippen molar-refractivity contribution in [3.63, 3.8) is 0 Å². The Kier molecular flexibility index (Phi) is 3.93. The number of hydrogen-bond acceptors (Lipinski definition) is 3. The Morgan fingerprint density at radius 2 is 2.12 bits per heavy atom. The van der Waals surface area contributed by atoms with Crippen LogP contribution >= 0.6 is 11.6 Å². The van der Waals surface area contributed by atoms with Gasteiger partial charge in [0.1, 0.15) is 11.5 Å². The fourth-order valence-corrected chi connectivity index (χ4v) is 3.69. The number of aryl methyl sites for hydroxylation is 1. The Balaban J connectivity index is 1.87. The van der Waals surface area contributed by atoms with Crippen molar-refractivity contribution in [1.29, 1.82) is 0 Å². The van der Waals surface area contributed by atoms with Gasteiger partial charge in [-0.15, -0.1) is 0 Å². The summed E-state index contributed by atoms with van der Waals surface area (Å²) in [5, 5.41) is 1.80. The van der Waals surface area contributed by atoms with Gasteiger partial charge in [0.2, 0.25) is 0 Å². The van der Waals surface area contributed by atoms with Crippen molar-refractivity contribution in [2.24, 2.45) is 5.92 Å². The Hall–Kier alpha value is -2.07. The summed E-state index contributed by atoms with van der Waals surface area (Å²) in [6.45, 7) is 6.47. The van der Waals surface area contributed by atoms with E-state index in [9.17, 15) is 0 Å². The van der Waals surface area contributed by atoms with Crippen LogP contribution in [0.15, 0.2) is 30.3 Å². The Labute approximate surface area is 146 Å². The number of nitrogens with zero attached hydrogens (tertiary/aromatic N) is 3. The minimum Gasteiger partial charge on any atom is -0.356 e. The normalized spacial score (nSPS) is 18.3. The number of piperidine rings is 1. The molecule has 4 nitrogen and oxygen atoms in total. The van der Waals surface area contributed by atoms with Crippen LogP contribution in [0.25, 0.3) is 22.4 Å². The fourth-order valence-electron chi connectivity index (χ4n) is 3.50. The zero-order valence-electron chi connectivity index (χ0n) is 14.0. The van der Waals surface area contributed by atoms with E-state index in [1.54, 1.807) is 0 Å². The first kappa shape index (κ1) is 15.5. The van der Waals surface area contributed by atoms with Crippen molar-refractivity contribution in [2.45, 2.75) is 26.7 Å². The van der Waals surface area contributed by atoms with Gasteiger partial charge < -0.3 is 9.88 Å². The van der Waals surface area contributed by atoms with E-state index in [1.807, 2.05) is 24.3 Å². The highest BCUT2D eigenvalue weighted by Gasteiger charge is 2.22. The third-order valence-corrected chi connectivity index (χ3v) is 4.88. The molecule has 4 rings (SSSR count). The summed E-state index contributed by atoms with van der Waals surface area (Å²) >= 11 is 6.15. The average Bonchev–Trinajstić information content (AvgIpc) is 2.94. The summed E-state index contributed by atoms with van der Waals surface area (Å²) < 4.78 is 0. The molecule has 0 spiro atoms. The van der Waals surface area contributed by atoms with Gasteiger partial charge in [0.25, 0.3) is 0 Å². The molecule has 0 saturated carbocycles. The number of halogens is 1. The number of fused-ring (bicyclic) bond motifs is 1. The third-order valence-electron chi connectivity index (χ3n) is 4.64. The predicted molar refractivity (Wildman–Crippen MR) is 99.7 cm³/mol. The van der Waals surface area contributed by atoms with Crippen molar-refractivity contribution < 1.29 is 0 Å². The summed E-state index contributed by atoms with van der Waals surface area (Å²) in [4.78, 5) is 15.4. The molecule has 5 heteroatoms. The molecule has 124 valence electrons. The van der Waals surface area contributed by atoms with Crippen molar-refractivity contribution in [2.75, 3.05) is 18.0 Å². The van der Waals surface area contributed by atoms with Gasteiger partial charge in [-0.1, -0.05) is 30.7 Å². The lowest BCUT2D eigenvalue weighted by Gasteiger charge is -2.32. The van der Waals surface area contributed by atoms with Crippen LogP contribution in [0.2, 0.25) is 5.02 Å². The first-order chi connectivity index (χ1) is 11.6. The van der Waals surface area contributed by atoms with Crippen LogP contribution in [0.3, 0.4) is 0 Å². The molecule has 24 heavy (non-hydrogen) atoms. The van der Waals surface area contributed by atoms with E-state index in [2.05, 4.69) is 29.8 Å². The molecule has 3 aromatic rings. The van der Waals surface area contributed by atoms with Crippen LogP contribution in [0.4, 0.5) is 5.82 Å². The van der Waals surface area contributed by atoms with Crippen LogP contribution in [0.5, 0.6) is 0 Å². The molecule has 1 aliphatic rings. The van der Waals surface area contributed by atoms with Crippen LogP contribution in [0, 0.1) is 12.8 Å². The largest absolute Gasteiger partial charge is 0.356 e. The maximum atomic E-state index is 6.15. The molecule has 0 aliphatic carbocycles. The molecule has 1 unspecified atom stereocenters. The first-order valence-corrected chi connectivity index (χ1v) is 8.86. The molecular formula is C19H21ClN4. The SMILES string of the molecule is Cc1cc2c(N3CCCC(C)C3)nc(-c3cccc(Cl)c3)nc2[nH]1. The van der Waals surface area contributed by atoms with E-state index in [0.717, 1.165) is 47.0 Å². The van der Waals surface area contributed by atoms with Gasteiger partial charge in [-0.25, -0.2) is 9.97 Å². The van der Waals surface area contributed by atoms with Crippen LogP contribution in [0.1, 0.15) is 25.5 Å². The van der Waals surface area contributed by atoms with Gasteiger partial charge >= 0.3 is 0 Å². The van der Waals surface area contributed by atoms with Gasteiger partial charge in [0.05, 0.1) is 5.39 Å². The van der Waals surface area contributed by atoms with Crippen molar-refractivity contribution in [1.82, 2.24) is 15.0 Å². The number of nitrogens with one attached hydrogen (secondary N) is 1. The van der Waals surface area contributed by atoms with Crippen LogP contribution < -0.4 is 4.90 Å². The second kappa shape index (κ2) is 6.10. The number of rotatable bonds is 2. The smallest absolute Gasteiger partial charge is 0.163 e. The lowest BCUT2D eigenvalue weighted by molar-refractivity contribution is 0.445. The van der Waals surface area contributed by atoms with E-state index in [0.29, 0.717) is 10.9 Å². The lowest BCUT2D eigenvalue weighted by atomic mass is 10.0. The standard InChI is InChI=1S/C19H21ClN4/c1-12-5-4-8-24(11-12)19-16-9-13(2)21-18(16)22-17(23-19)14-6-3-7-15(20)10-14/h3,6-7,9-10,12H,4-5,8,11H2,1-2H3,(H,21,22,23). The molecule has 1 fully saturated rings. The Morgan fingerprint density at radius 3 is 2.92 bits per heavy atom. The molecule has 0 amide bonds. The topological polar surface area (TPSA) is 44.8 Å². The molecule has 0 radical (unpaired) electrons. The highest BCUT2D eigenvalue weighted by molar-refractivity contribution is 6.30. The molecule has 0 bridgehead atoms. The van der Waals surface area contributed by atoms with Crippen molar-refractivity contribution in [3.05, 3.63) is 41.0 Å². The van der Waals surface area contributed by atoms with Gasteiger partial charge in [-0.05, 0) is 43.9 Å². The minimum absolute atomic E-state index is 0.693. The fraction of sp³-hybridized carbons (Fsp3) is 0.368. The molecule has 1 saturated heterocycles. The average molecular weight is 341 g/mol. The van der Waals surface area contributed by atoms with Crippen molar-refractivity contribution >= 4 is 28.5 Å². The van der Waals surface area contributed by atoms with Gasteiger partial charge in [-0.3, -0.25) is 0 Å². The molecule has 1 atom stereocenters. The number of benzene rings is 1. The summed E-state index contributed by atoms with van der Waals surface area (Å²) in [6.07, 6.45) is 2.50. The highest BCUT2D eigenvalue weighted by Crippen LogP contribution is 2.31. The first-order valence-electron chi connectivity index (χ1n) is 8.48. The summed E-state index contributed by atoms with van der Waals surface area (Å²) in [6, 6.07) is 9.88. The monoisotopic (exact) mass is 340 g/mol. The van der Waals surface area contributed by atoms with Gasteiger partial charge in [-0.2, -0.15) is 0 Å². The molecule has 2 aromatic heterocycles. The third kappa shape index (κ3) is 2.86. The molecular weight excluding hydrogens is 320 g/mol. The number of aromatic nitrogens is 3. The number of aromatic amines is 1. The number of H-pyrrole nitrogens is 1. The Bertz CT molecular complexity index is 886. The summed E-state index contributed by atoms with van der Waals surface area (Å²) in [5.74, 6) is 2.45. The maximum Gasteiger partial charge on any atom is 0.163 e. The Morgan fingerprint density at radius 1 is 1.25 bits per heavy atom. The highest BCUT2D eigenvalue weighted by atomic mass is 35.5. The molecule has 1 aromatic carbocycles. The summed E-state index contributed by atoms with van der Waals surface area (Å²) in [5.41, 5.74) is 2.95. The zero-order chi connectivity index (χ0) is 16.7. The molecule has 3 heterocycles. The van der Waals surface area contributed by atoms with Crippen LogP contribution in [-0.2, 0) is 0 Å². The van der Waals surface area contributed by atoms with Gasteiger partial charge in [0.15, 0.2) is 5.82 Å². The molecule has 1 aliphatic heterocycles. The van der Waals surface area contributed by atoms with Crippen molar-refractivity contribution in [3.8, 4) is 11.4 Å². The second-order valence-corrected chi connectivity index (χ2v) is 7.23. The van der Waals surface area contributed by atoms with E-state index in [4.69, 9.17) is 21.6 Å².